The maximum atomic E-state index is 8.98. The van der Waals surface area contributed by atoms with Gasteiger partial charge in [0.25, 0.3) is 0 Å². The van der Waals surface area contributed by atoms with Gasteiger partial charge in [-0.3, -0.25) is 0 Å². The molecule has 0 aliphatic heterocycles. The minimum absolute atomic E-state index is 0.0866. The standard InChI is InChI=1S/C17H15N5/c1-10-6-11-2-3-12(7-14(11)15(10)20-8-18)16-13-4-5-19-17(13)22-9-21-16/h2-5,7,9-10,15,20H,6H2,1H3,(H,19,21,22)/t10-,15+/m0/s1. The van der Waals surface area contributed by atoms with Crippen molar-refractivity contribution in [3.05, 3.63) is 47.9 Å². The van der Waals surface area contributed by atoms with E-state index in [1.54, 1.807) is 6.33 Å². The Morgan fingerprint density at radius 1 is 1.32 bits per heavy atom. The van der Waals surface area contributed by atoms with Crippen molar-refractivity contribution in [1.82, 2.24) is 20.3 Å². The van der Waals surface area contributed by atoms with Crippen molar-refractivity contribution in [1.29, 1.82) is 5.26 Å². The van der Waals surface area contributed by atoms with Crippen LogP contribution in [0.5, 0.6) is 0 Å². The van der Waals surface area contributed by atoms with Gasteiger partial charge in [0.1, 0.15) is 12.0 Å². The number of nitrogens with zero attached hydrogens (tertiary/aromatic N) is 3. The number of fused-ring (bicyclic) bond motifs is 2. The van der Waals surface area contributed by atoms with E-state index in [1.165, 1.54) is 11.1 Å². The predicted octanol–water partition coefficient (Wildman–Crippen LogP) is 2.93. The number of H-pyrrole nitrogens is 1. The van der Waals surface area contributed by atoms with Crippen LogP contribution >= 0.6 is 0 Å². The Bertz CT molecular complexity index is 889. The Morgan fingerprint density at radius 2 is 2.23 bits per heavy atom. The van der Waals surface area contributed by atoms with E-state index in [2.05, 4.69) is 51.6 Å². The lowest BCUT2D eigenvalue weighted by molar-refractivity contribution is 0.466. The fourth-order valence-electron chi connectivity index (χ4n) is 3.38. The first-order chi connectivity index (χ1) is 10.8. The van der Waals surface area contributed by atoms with E-state index in [0.717, 1.165) is 28.7 Å². The molecule has 2 N–H and O–H groups in total. The average Bonchev–Trinajstić information content (AvgIpc) is 3.12. The van der Waals surface area contributed by atoms with Crippen molar-refractivity contribution < 1.29 is 0 Å². The van der Waals surface area contributed by atoms with Gasteiger partial charge in [-0.1, -0.05) is 19.1 Å². The molecule has 1 aromatic carbocycles. The van der Waals surface area contributed by atoms with E-state index >= 15 is 0 Å². The monoisotopic (exact) mass is 289 g/mol. The van der Waals surface area contributed by atoms with Crippen LogP contribution in [0.3, 0.4) is 0 Å². The topological polar surface area (TPSA) is 77.4 Å². The lowest BCUT2D eigenvalue weighted by Gasteiger charge is -2.15. The summed E-state index contributed by atoms with van der Waals surface area (Å²) in [6, 6.07) is 8.49. The smallest absolute Gasteiger partial charge is 0.177 e. The largest absolute Gasteiger partial charge is 0.346 e. The average molecular weight is 289 g/mol. The molecule has 5 heteroatoms. The summed E-state index contributed by atoms with van der Waals surface area (Å²) in [5.74, 6) is 0.419. The fraction of sp³-hybridized carbons (Fsp3) is 0.235. The molecule has 108 valence electrons. The van der Waals surface area contributed by atoms with Gasteiger partial charge in [0.15, 0.2) is 6.19 Å². The van der Waals surface area contributed by atoms with Gasteiger partial charge in [0.05, 0.1) is 11.7 Å². The first-order valence-electron chi connectivity index (χ1n) is 7.34. The highest BCUT2D eigenvalue weighted by molar-refractivity contribution is 5.90. The van der Waals surface area contributed by atoms with Crippen LogP contribution in [0.15, 0.2) is 36.8 Å². The molecule has 22 heavy (non-hydrogen) atoms. The summed E-state index contributed by atoms with van der Waals surface area (Å²) >= 11 is 0. The molecule has 2 atom stereocenters. The van der Waals surface area contributed by atoms with Gasteiger partial charge < -0.3 is 10.3 Å². The minimum Gasteiger partial charge on any atom is -0.346 e. The van der Waals surface area contributed by atoms with E-state index in [4.69, 9.17) is 5.26 Å². The highest BCUT2D eigenvalue weighted by Gasteiger charge is 2.29. The summed E-state index contributed by atoms with van der Waals surface area (Å²) in [6.45, 7) is 2.17. The minimum atomic E-state index is 0.0866. The Labute approximate surface area is 128 Å². The van der Waals surface area contributed by atoms with E-state index in [0.29, 0.717) is 5.92 Å². The van der Waals surface area contributed by atoms with Gasteiger partial charge in [-0.15, -0.1) is 0 Å². The quantitative estimate of drug-likeness (QED) is 0.561. The molecule has 2 aromatic heterocycles. The Balaban J connectivity index is 1.86. The second kappa shape index (κ2) is 4.85. The van der Waals surface area contributed by atoms with Crippen molar-refractivity contribution in [2.24, 2.45) is 5.92 Å². The fourth-order valence-corrected chi connectivity index (χ4v) is 3.38. The van der Waals surface area contributed by atoms with Crippen molar-refractivity contribution in [3.8, 4) is 17.5 Å². The van der Waals surface area contributed by atoms with Crippen LogP contribution in [0.4, 0.5) is 0 Å². The number of aromatic nitrogens is 3. The van der Waals surface area contributed by atoms with Crippen molar-refractivity contribution in [2.75, 3.05) is 0 Å². The van der Waals surface area contributed by atoms with Crippen LogP contribution in [0.2, 0.25) is 0 Å². The Hall–Kier alpha value is -2.87. The van der Waals surface area contributed by atoms with Gasteiger partial charge in [-0.05, 0) is 35.6 Å². The van der Waals surface area contributed by atoms with Crippen LogP contribution in [0, 0.1) is 17.4 Å². The van der Waals surface area contributed by atoms with Gasteiger partial charge >= 0.3 is 0 Å². The summed E-state index contributed by atoms with van der Waals surface area (Å²) < 4.78 is 0. The third kappa shape index (κ3) is 1.85. The van der Waals surface area contributed by atoms with Gasteiger partial charge in [0, 0.05) is 17.1 Å². The third-order valence-electron chi connectivity index (χ3n) is 4.44. The molecule has 0 amide bonds. The second-order valence-electron chi connectivity index (χ2n) is 5.79. The zero-order chi connectivity index (χ0) is 15.1. The van der Waals surface area contributed by atoms with Crippen LogP contribution in [0.1, 0.15) is 24.1 Å². The Kier molecular flexibility index (Phi) is 2.83. The maximum absolute atomic E-state index is 8.98. The van der Waals surface area contributed by atoms with Gasteiger partial charge in [0.2, 0.25) is 0 Å². The molecule has 0 spiro atoms. The third-order valence-corrected chi connectivity index (χ3v) is 4.44. The maximum Gasteiger partial charge on any atom is 0.177 e. The van der Waals surface area contributed by atoms with E-state index in [1.807, 2.05) is 12.3 Å². The molecular formula is C17H15N5. The molecule has 0 radical (unpaired) electrons. The van der Waals surface area contributed by atoms with Crippen molar-refractivity contribution in [2.45, 2.75) is 19.4 Å². The molecule has 3 aromatic rings. The van der Waals surface area contributed by atoms with Gasteiger partial charge in [-0.2, -0.15) is 5.26 Å². The summed E-state index contributed by atoms with van der Waals surface area (Å²) in [5, 5.41) is 12.9. The number of rotatable bonds is 2. The zero-order valence-corrected chi connectivity index (χ0v) is 12.2. The first kappa shape index (κ1) is 12.8. The SMILES string of the molecule is C[C@H]1Cc2ccc(-c3ncnc4[nH]ccc34)cc2[C@@H]1NC#N. The number of aromatic amines is 1. The molecule has 5 nitrogen and oxygen atoms in total. The summed E-state index contributed by atoms with van der Waals surface area (Å²) in [7, 11) is 0. The summed E-state index contributed by atoms with van der Waals surface area (Å²) in [5.41, 5.74) is 5.33. The molecule has 0 unspecified atom stereocenters. The molecular weight excluding hydrogens is 274 g/mol. The normalized spacial score (nSPS) is 19.8. The van der Waals surface area contributed by atoms with E-state index < -0.39 is 0 Å². The molecule has 0 bridgehead atoms. The van der Waals surface area contributed by atoms with Crippen LogP contribution in [0.25, 0.3) is 22.3 Å². The molecule has 1 aliphatic carbocycles. The lowest BCUT2D eigenvalue weighted by Crippen LogP contribution is -2.18. The summed E-state index contributed by atoms with van der Waals surface area (Å²) in [4.78, 5) is 11.8. The van der Waals surface area contributed by atoms with Crippen molar-refractivity contribution in [3.63, 3.8) is 0 Å². The molecule has 4 rings (SSSR count). The number of benzene rings is 1. The lowest BCUT2D eigenvalue weighted by atomic mass is 10.00. The van der Waals surface area contributed by atoms with Crippen LogP contribution < -0.4 is 5.32 Å². The number of nitrogens with one attached hydrogen (secondary N) is 2. The van der Waals surface area contributed by atoms with E-state index in [9.17, 15) is 0 Å². The molecule has 0 saturated carbocycles. The highest BCUT2D eigenvalue weighted by Crippen LogP contribution is 2.38. The summed E-state index contributed by atoms with van der Waals surface area (Å²) in [6.07, 6.45) is 6.54. The molecule has 0 saturated heterocycles. The van der Waals surface area contributed by atoms with E-state index in [-0.39, 0.29) is 6.04 Å². The van der Waals surface area contributed by atoms with Crippen LogP contribution in [-0.2, 0) is 6.42 Å². The molecule has 1 aliphatic rings. The molecule has 0 fully saturated rings. The number of hydrogen-bond acceptors (Lipinski definition) is 4. The Morgan fingerprint density at radius 3 is 3.09 bits per heavy atom. The highest BCUT2D eigenvalue weighted by atomic mass is 14.9. The number of nitriles is 1. The number of hydrogen-bond donors (Lipinski definition) is 2. The van der Waals surface area contributed by atoms with Gasteiger partial charge in [-0.25, -0.2) is 9.97 Å². The van der Waals surface area contributed by atoms with Crippen molar-refractivity contribution >= 4 is 11.0 Å². The zero-order valence-electron chi connectivity index (χ0n) is 12.2. The predicted molar refractivity (Wildman–Crippen MR) is 83.7 cm³/mol. The first-order valence-corrected chi connectivity index (χ1v) is 7.34. The second-order valence-corrected chi connectivity index (χ2v) is 5.79. The molecule has 2 heterocycles. The van der Waals surface area contributed by atoms with Crippen LogP contribution in [-0.4, -0.2) is 15.0 Å².